The summed E-state index contributed by atoms with van der Waals surface area (Å²) < 4.78 is 8.53. The van der Waals surface area contributed by atoms with E-state index in [9.17, 15) is 19.5 Å². The molecular formula is C32H51ClN4O5S. The summed E-state index contributed by atoms with van der Waals surface area (Å²) in [5.41, 5.74) is 0.658. The quantitative estimate of drug-likeness (QED) is 0.312. The fourth-order valence-corrected chi connectivity index (χ4v) is 7.81. The van der Waals surface area contributed by atoms with Crippen LogP contribution in [0.5, 0.6) is 0 Å². The van der Waals surface area contributed by atoms with E-state index >= 15 is 0 Å². The van der Waals surface area contributed by atoms with Gasteiger partial charge in [0.2, 0.25) is 11.8 Å². The molecule has 3 atom stereocenters. The van der Waals surface area contributed by atoms with Crippen LogP contribution in [-0.4, -0.2) is 82.0 Å². The number of benzene rings is 1. The Labute approximate surface area is 267 Å². The van der Waals surface area contributed by atoms with Gasteiger partial charge in [0.25, 0.3) is 0 Å². The van der Waals surface area contributed by atoms with Crippen molar-refractivity contribution in [1.82, 2.24) is 19.8 Å². The summed E-state index contributed by atoms with van der Waals surface area (Å²) in [6.07, 6.45) is 7.51. The number of β-amino-alcohol motifs (C(OH)–C–C–N with tert-alkyl or cyclic N) is 1. The largest absolute Gasteiger partial charge is 0.444 e. The molecule has 0 spiro atoms. The Morgan fingerprint density at radius 2 is 1.67 bits per heavy atom. The molecule has 1 aliphatic carbocycles. The first-order chi connectivity index (χ1) is 20.1. The zero-order chi connectivity index (χ0) is 30.1. The average molecular weight is 639 g/mol. The fraction of sp³-hybridized carbons (Fsp3) is 0.719. The lowest BCUT2D eigenvalue weighted by molar-refractivity contribution is -0.125. The van der Waals surface area contributed by atoms with Crippen molar-refractivity contribution in [3.8, 4) is 0 Å². The zero-order valence-electron chi connectivity index (χ0n) is 26.0. The van der Waals surface area contributed by atoms with Gasteiger partial charge < -0.3 is 15.2 Å². The van der Waals surface area contributed by atoms with Crippen LogP contribution in [0.15, 0.2) is 30.3 Å². The average Bonchev–Trinajstić information content (AvgIpc) is 3.36. The summed E-state index contributed by atoms with van der Waals surface area (Å²) in [4.78, 5) is 42.1. The van der Waals surface area contributed by atoms with Gasteiger partial charge in [0.15, 0.2) is 0 Å². The Balaban J connectivity index is 0.00000506. The highest BCUT2D eigenvalue weighted by molar-refractivity contribution is 7.98. The maximum Gasteiger partial charge on any atom is 0.411 e. The van der Waals surface area contributed by atoms with Crippen molar-refractivity contribution in [2.24, 2.45) is 11.8 Å². The third-order valence-corrected chi connectivity index (χ3v) is 10.0. The van der Waals surface area contributed by atoms with Gasteiger partial charge in [0, 0.05) is 31.2 Å². The van der Waals surface area contributed by atoms with E-state index in [1.165, 1.54) is 42.6 Å². The molecule has 0 aromatic heterocycles. The van der Waals surface area contributed by atoms with E-state index in [-0.39, 0.29) is 50.2 Å². The first kappa shape index (κ1) is 35.5. The Hall–Kier alpha value is -2.01. The lowest BCUT2D eigenvalue weighted by Crippen LogP contribution is -2.48. The minimum atomic E-state index is -0.810. The van der Waals surface area contributed by atoms with Gasteiger partial charge in [-0.15, -0.1) is 12.4 Å². The molecule has 3 aliphatic rings. The summed E-state index contributed by atoms with van der Waals surface area (Å²) in [7, 11) is 0. The number of halogens is 1. The Kier molecular flexibility index (Phi) is 13.9. The molecule has 3 amide bonds. The Bertz CT molecular complexity index is 1030. The van der Waals surface area contributed by atoms with Crippen LogP contribution in [0.2, 0.25) is 0 Å². The van der Waals surface area contributed by atoms with E-state index in [0.29, 0.717) is 17.1 Å². The highest BCUT2D eigenvalue weighted by Gasteiger charge is 2.41. The minimum absolute atomic E-state index is 0. The number of hydrogen-bond acceptors (Lipinski definition) is 7. The van der Waals surface area contributed by atoms with Crippen molar-refractivity contribution >= 4 is 42.3 Å². The van der Waals surface area contributed by atoms with Gasteiger partial charge >= 0.3 is 6.09 Å². The normalized spacial score (nSPS) is 22.8. The second-order valence-corrected chi connectivity index (χ2v) is 14.2. The number of likely N-dealkylation sites (tertiary alicyclic amines) is 2. The molecule has 2 saturated heterocycles. The first-order valence-electron chi connectivity index (χ1n) is 15.7. The number of piperidine rings is 1. The van der Waals surface area contributed by atoms with Crippen LogP contribution in [-0.2, 0) is 20.9 Å². The summed E-state index contributed by atoms with van der Waals surface area (Å²) in [5, 5.41) is 13.3. The van der Waals surface area contributed by atoms with Crippen LogP contribution in [0, 0.1) is 11.8 Å². The first-order valence-corrected chi connectivity index (χ1v) is 16.6. The van der Waals surface area contributed by atoms with Crippen molar-refractivity contribution in [3.05, 3.63) is 35.9 Å². The third kappa shape index (κ3) is 11.1. The van der Waals surface area contributed by atoms with Crippen LogP contribution < -0.4 is 10.0 Å². The summed E-state index contributed by atoms with van der Waals surface area (Å²) in [6.45, 7) is 8.67. The molecule has 43 heavy (non-hydrogen) atoms. The molecule has 1 saturated carbocycles. The molecule has 1 aromatic rings. The topological polar surface area (TPSA) is 111 Å². The highest BCUT2D eigenvalue weighted by atomic mass is 35.5. The van der Waals surface area contributed by atoms with Crippen molar-refractivity contribution < 1.29 is 24.2 Å². The van der Waals surface area contributed by atoms with E-state index in [0.717, 1.165) is 32.5 Å². The second kappa shape index (κ2) is 16.9. The number of carbonyl (C=O) groups excluding carboxylic acids is 3. The van der Waals surface area contributed by atoms with E-state index in [1.54, 1.807) is 32.7 Å². The van der Waals surface area contributed by atoms with E-state index < -0.39 is 23.8 Å². The van der Waals surface area contributed by atoms with Crippen LogP contribution in [0.3, 0.4) is 0 Å². The number of amides is 3. The number of carbonyl (C=O) groups is 3. The fourth-order valence-electron chi connectivity index (χ4n) is 6.51. The molecule has 3 fully saturated rings. The second-order valence-electron chi connectivity index (χ2n) is 13.2. The van der Waals surface area contributed by atoms with E-state index in [4.69, 9.17) is 4.74 Å². The SMILES string of the molecule is CC(C)(C)OC(=O)N1C[C@H](O)C[C@H]1C(=O)NCCC(=O)NSC(C1CCCCC1)C1CCN(Cc2ccccc2)CC1.Cl. The summed E-state index contributed by atoms with van der Waals surface area (Å²) in [6, 6.07) is 9.84. The van der Waals surface area contributed by atoms with Crippen molar-refractivity contribution in [3.63, 3.8) is 0 Å². The van der Waals surface area contributed by atoms with Gasteiger partial charge in [0.1, 0.15) is 11.6 Å². The third-order valence-electron chi connectivity index (χ3n) is 8.63. The van der Waals surface area contributed by atoms with Gasteiger partial charge in [0.05, 0.1) is 12.6 Å². The van der Waals surface area contributed by atoms with Gasteiger partial charge in [-0.25, -0.2) is 4.79 Å². The maximum atomic E-state index is 12.9. The number of nitrogens with one attached hydrogen (secondary N) is 2. The molecule has 1 aromatic carbocycles. The van der Waals surface area contributed by atoms with E-state index in [1.807, 2.05) is 0 Å². The van der Waals surface area contributed by atoms with Gasteiger partial charge in [-0.2, -0.15) is 0 Å². The molecule has 2 aliphatic heterocycles. The molecule has 0 bridgehead atoms. The Morgan fingerprint density at radius 1 is 1.02 bits per heavy atom. The smallest absolute Gasteiger partial charge is 0.411 e. The molecule has 2 heterocycles. The van der Waals surface area contributed by atoms with Crippen molar-refractivity contribution in [2.45, 2.75) is 108 Å². The van der Waals surface area contributed by atoms with Crippen molar-refractivity contribution in [2.75, 3.05) is 26.2 Å². The molecule has 4 rings (SSSR count). The van der Waals surface area contributed by atoms with Crippen LogP contribution in [0.1, 0.15) is 84.1 Å². The lowest BCUT2D eigenvalue weighted by Gasteiger charge is -2.40. The number of aliphatic hydroxyl groups is 1. The number of nitrogens with zero attached hydrogens (tertiary/aromatic N) is 2. The van der Waals surface area contributed by atoms with E-state index in [2.05, 4.69) is 45.3 Å². The predicted octanol–water partition coefficient (Wildman–Crippen LogP) is 4.91. The minimum Gasteiger partial charge on any atom is -0.444 e. The van der Waals surface area contributed by atoms with Crippen LogP contribution >= 0.6 is 24.4 Å². The van der Waals surface area contributed by atoms with Gasteiger partial charge in [-0.3, -0.25) is 24.1 Å². The molecule has 9 nitrogen and oxygen atoms in total. The number of hydrogen-bond donors (Lipinski definition) is 3. The van der Waals surface area contributed by atoms with Crippen LogP contribution in [0.4, 0.5) is 4.79 Å². The number of ether oxygens (including phenoxy) is 1. The lowest BCUT2D eigenvalue weighted by atomic mass is 9.79. The van der Waals surface area contributed by atoms with Gasteiger partial charge in [-0.1, -0.05) is 49.6 Å². The number of aliphatic hydroxyl groups excluding tert-OH is 1. The maximum absolute atomic E-state index is 12.9. The summed E-state index contributed by atoms with van der Waals surface area (Å²) in [5.74, 6) is 0.734. The molecule has 1 unspecified atom stereocenters. The monoisotopic (exact) mass is 638 g/mol. The molecule has 0 radical (unpaired) electrons. The summed E-state index contributed by atoms with van der Waals surface area (Å²) >= 11 is 1.61. The zero-order valence-corrected chi connectivity index (χ0v) is 27.6. The molecule has 242 valence electrons. The standard InChI is InChI=1S/C32H50N4O5S.ClH/c1-32(2,3)41-31(40)36-22-26(37)20-27(36)30(39)33-17-14-28(38)34-42-29(24-12-8-5-9-13-24)25-15-18-35(19-16-25)21-23-10-6-4-7-11-23;/h4,6-7,10-11,24-27,29,37H,5,8-9,12-22H2,1-3H3,(H,33,39)(H,34,38);1H/t26-,27+,29?;/m1./s1. The Morgan fingerprint density at radius 3 is 2.33 bits per heavy atom. The highest BCUT2D eigenvalue weighted by Crippen LogP contribution is 2.39. The van der Waals surface area contributed by atoms with Gasteiger partial charge in [-0.05, 0) is 88.9 Å². The number of rotatable bonds is 10. The van der Waals surface area contributed by atoms with Crippen LogP contribution in [0.25, 0.3) is 0 Å². The van der Waals surface area contributed by atoms with Crippen molar-refractivity contribution in [1.29, 1.82) is 0 Å². The molecule has 11 heteroatoms. The predicted molar refractivity (Wildman–Crippen MR) is 173 cm³/mol. The molecular weight excluding hydrogens is 588 g/mol. The molecule has 3 N–H and O–H groups in total.